The van der Waals surface area contributed by atoms with Crippen molar-refractivity contribution in [3.63, 3.8) is 0 Å². The predicted octanol–water partition coefficient (Wildman–Crippen LogP) is 0.822. The average molecular weight is 240 g/mol. The standard InChI is InChI=1S/C5H6BrNO3S/c6-2-4-1-5(10-3-4)11(7,8)9/h1,3H,2H2,(H2,7,8,9). The minimum absolute atomic E-state index is 0.202. The second-order valence-electron chi connectivity index (χ2n) is 1.95. The molecule has 1 aromatic rings. The second-order valence-corrected chi connectivity index (χ2v) is 4.01. The monoisotopic (exact) mass is 239 g/mol. The van der Waals surface area contributed by atoms with Gasteiger partial charge < -0.3 is 4.42 Å². The maximum Gasteiger partial charge on any atom is 0.271 e. The number of hydrogen-bond donors (Lipinski definition) is 1. The molecule has 0 aromatic carbocycles. The molecule has 0 fully saturated rings. The minimum Gasteiger partial charge on any atom is -0.451 e. The highest BCUT2D eigenvalue weighted by atomic mass is 79.9. The van der Waals surface area contributed by atoms with E-state index in [1.807, 2.05) is 0 Å². The highest BCUT2D eigenvalue weighted by Crippen LogP contribution is 2.13. The molecule has 0 amide bonds. The van der Waals surface area contributed by atoms with Crippen molar-refractivity contribution < 1.29 is 12.8 Å². The summed E-state index contributed by atoms with van der Waals surface area (Å²) in [5.41, 5.74) is 0.744. The first-order valence-corrected chi connectivity index (χ1v) is 5.37. The summed E-state index contributed by atoms with van der Waals surface area (Å²) in [6, 6.07) is 1.38. The zero-order chi connectivity index (χ0) is 8.48. The van der Waals surface area contributed by atoms with Gasteiger partial charge in [0.05, 0.1) is 6.26 Å². The molecule has 0 atom stereocenters. The molecule has 0 radical (unpaired) electrons. The van der Waals surface area contributed by atoms with Gasteiger partial charge in [-0.25, -0.2) is 13.6 Å². The Morgan fingerprint density at radius 2 is 2.27 bits per heavy atom. The second kappa shape index (κ2) is 2.96. The van der Waals surface area contributed by atoms with E-state index >= 15 is 0 Å². The lowest BCUT2D eigenvalue weighted by Crippen LogP contribution is -2.10. The Bertz CT molecular complexity index is 342. The van der Waals surface area contributed by atoms with Crippen LogP contribution in [-0.4, -0.2) is 8.42 Å². The van der Waals surface area contributed by atoms with Crippen LogP contribution in [0.2, 0.25) is 0 Å². The van der Waals surface area contributed by atoms with E-state index in [-0.39, 0.29) is 5.09 Å². The zero-order valence-electron chi connectivity index (χ0n) is 5.45. The molecule has 0 bridgehead atoms. The smallest absolute Gasteiger partial charge is 0.271 e. The molecule has 1 rings (SSSR count). The molecule has 0 unspecified atom stereocenters. The molecule has 0 saturated heterocycles. The van der Waals surface area contributed by atoms with Gasteiger partial charge in [-0.2, -0.15) is 0 Å². The van der Waals surface area contributed by atoms with Crippen molar-refractivity contribution in [3.8, 4) is 0 Å². The van der Waals surface area contributed by atoms with Crippen molar-refractivity contribution >= 4 is 26.0 Å². The summed E-state index contributed by atoms with van der Waals surface area (Å²) in [5, 5.41) is 5.13. The maximum absolute atomic E-state index is 10.6. The molecule has 6 heteroatoms. The highest BCUT2D eigenvalue weighted by molar-refractivity contribution is 9.08. The van der Waals surface area contributed by atoms with Crippen molar-refractivity contribution in [2.24, 2.45) is 5.14 Å². The van der Waals surface area contributed by atoms with E-state index in [1.165, 1.54) is 12.3 Å². The van der Waals surface area contributed by atoms with E-state index in [2.05, 4.69) is 20.3 Å². The molecule has 2 N–H and O–H groups in total. The van der Waals surface area contributed by atoms with Crippen molar-refractivity contribution in [3.05, 3.63) is 17.9 Å². The van der Waals surface area contributed by atoms with Gasteiger partial charge in [-0.3, -0.25) is 0 Å². The third-order valence-corrected chi connectivity index (χ3v) is 2.49. The molecule has 0 aliphatic rings. The van der Waals surface area contributed by atoms with Gasteiger partial charge in [0.2, 0.25) is 5.09 Å². The number of hydrogen-bond acceptors (Lipinski definition) is 3. The first-order chi connectivity index (χ1) is 5.04. The molecule has 0 saturated carbocycles. The number of nitrogens with two attached hydrogens (primary N) is 1. The van der Waals surface area contributed by atoms with Gasteiger partial charge in [0.25, 0.3) is 10.0 Å². The summed E-state index contributed by atoms with van der Waals surface area (Å²) >= 11 is 3.14. The Balaban J connectivity index is 3.09. The van der Waals surface area contributed by atoms with Crippen LogP contribution >= 0.6 is 15.9 Å². The Kier molecular flexibility index (Phi) is 2.36. The normalized spacial score (nSPS) is 11.8. The maximum atomic E-state index is 10.6. The van der Waals surface area contributed by atoms with Crippen molar-refractivity contribution in [2.75, 3.05) is 0 Å². The van der Waals surface area contributed by atoms with Crippen molar-refractivity contribution in [1.29, 1.82) is 0 Å². The predicted molar refractivity (Wildman–Crippen MR) is 42.7 cm³/mol. The molecule has 0 aliphatic carbocycles. The van der Waals surface area contributed by atoms with Crippen LogP contribution in [0, 0.1) is 0 Å². The summed E-state index contributed by atoms with van der Waals surface area (Å²) < 4.78 is 25.9. The molecular weight excluding hydrogens is 234 g/mol. The van der Waals surface area contributed by atoms with Crippen LogP contribution in [-0.2, 0) is 15.4 Å². The third-order valence-electron chi connectivity index (χ3n) is 1.06. The van der Waals surface area contributed by atoms with Crippen molar-refractivity contribution in [1.82, 2.24) is 0 Å². The lowest BCUT2D eigenvalue weighted by molar-refractivity contribution is 0.450. The van der Waals surface area contributed by atoms with Gasteiger partial charge >= 0.3 is 0 Å². The van der Waals surface area contributed by atoms with Gasteiger partial charge in [-0.05, 0) is 0 Å². The number of rotatable bonds is 2. The van der Waals surface area contributed by atoms with Crippen LogP contribution < -0.4 is 5.14 Å². The first kappa shape index (κ1) is 8.76. The Morgan fingerprint density at radius 3 is 2.55 bits per heavy atom. The van der Waals surface area contributed by atoms with Crippen LogP contribution in [0.3, 0.4) is 0 Å². The molecule has 1 aromatic heterocycles. The molecule has 11 heavy (non-hydrogen) atoms. The fourth-order valence-corrected chi connectivity index (χ4v) is 1.36. The van der Waals surface area contributed by atoms with E-state index in [0.717, 1.165) is 5.56 Å². The van der Waals surface area contributed by atoms with Crippen LogP contribution in [0.5, 0.6) is 0 Å². The Labute approximate surface area is 72.6 Å². The van der Waals surface area contributed by atoms with Crippen LogP contribution in [0.1, 0.15) is 5.56 Å². The number of sulfonamides is 1. The lowest BCUT2D eigenvalue weighted by atomic mass is 10.4. The zero-order valence-corrected chi connectivity index (χ0v) is 7.85. The molecule has 0 spiro atoms. The van der Waals surface area contributed by atoms with E-state index in [4.69, 9.17) is 5.14 Å². The van der Waals surface area contributed by atoms with Gasteiger partial charge in [-0.15, -0.1) is 0 Å². The average Bonchev–Trinajstić information content (AvgIpc) is 2.32. The summed E-state index contributed by atoms with van der Waals surface area (Å²) in [5.74, 6) is 0. The molecule has 4 nitrogen and oxygen atoms in total. The first-order valence-electron chi connectivity index (χ1n) is 2.70. The summed E-state index contributed by atoms with van der Waals surface area (Å²) in [4.78, 5) is 0. The number of halogens is 1. The fourth-order valence-electron chi connectivity index (χ4n) is 0.572. The fraction of sp³-hybridized carbons (Fsp3) is 0.200. The minimum atomic E-state index is -3.68. The van der Waals surface area contributed by atoms with Gasteiger partial charge in [0.1, 0.15) is 0 Å². The largest absolute Gasteiger partial charge is 0.451 e. The number of alkyl halides is 1. The molecule has 0 aliphatic heterocycles. The lowest BCUT2D eigenvalue weighted by Gasteiger charge is -1.86. The SMILES string of the molecule is NS(=O)(=O)c1cc(CBr)co1. The summed E-state index contributed by atoms with van der Waals surface area (Å²) in [7, 11) is -3.68. The molecule has 62 valence electrons. The van der Waals surface area contributed by atoms with Crippen LogP contribution in [0.15, 0.2) is 21.8 Å². The van der Waals surface area contributed by atoms with E-state index in [0.29, 0.717) is 5.33 Å². The topological polar surface area (TPSA) is 73.3 Å². The molecular formula is C5H6BrNO3S. The molecule has 1 heterocycles. The number of furan rings is 1. The van der Waals surface area contributed by atoms with Crippen molar-refractivity contribution in [2.45, 2.75) is 10.4 Å². The Hall–Kier alpha value is -0.330. The quantitative estimate of drug-likeness (QED) is 0.777. The van der Waals surface area contributed by atoms with Gasteiger partial charge in [-0.1, -0.05) is 15.9 Å². The van der Waals surface area contributed by atoms with Gasteiger partial charge in [0, 0.05) is 17.0 Å². The van der Waals surface area contributed by atoms with Gasteiger partial charge in [0.15, 0.2) is 0 Å². The van der Waals surface area contributed by atoms with E-state index in [9.17, 15) is 8.42 Å². The Morgan fingerprint density at radius 1 is 1.64 bits per heavy atom. The third kappa shape index (κ3) is 2.05. The highest BCUT2D eigenvalue weighted by Gasteiger charge is 2.12. The van der Waals surface area contributed by atoms with Crippen LogP contribution in [0.25, 0.3) is 0 Å². The summed E-state index contributed by atoms with van der Waals surface area (Å²) in [6.45, 7) is 0. The summed E-state index contributed by atoms with van der Waals surface area (Å²) in [6.07, 6.45) is 1.34. The van der Waals surface area contributed by atoms with Crippen LogP contribution in [0.4, 0.5) is 0 Å². The van der Waals surface area contributed by atoms with E-state index in [1.54, 1.807) is 0 Å². The van der Waals surface area contributed by atoms with E-state index < -0.39 is 10.0 Å². The number of primary sulfonamides is 1.